The highest BCUT2D eigenvalue weighted by Gasteiger charge is 2.27. The summed E-state index contributed by atoms with van der Waals surface area (Å²) in [6, 6.07) is 4.90. The first-order valence-corrected chi connectivity index (χ1v) is 5.45. The number of rotatable bonds is 1. The minimum absolute atomic E-state index is 0.172. The lowest BCUT2D eigenvalue weighted by Gasteiger charge is -2.09. The average Bonchev–Trinajstić information content (AvgIpc) is 2.52. The summed E-state index contributed by atoms with van der Waals surface area (Å²) in [5.74, 6) is -0.311. The van der Waals surface area contributed by atoms with E-state index in [0.717, 1.165) is 12.8 Å². The zero-order chi connectivity index (χ0) is 10.1. The van der Waals surface area contributed by atoms with Gasteiger partial charge in [-0.15, -0.1) is 0 Å². The van der Waals surface area contributed by atoms with Crippen molar-refractivity contribution in [3.05, 3.63) is 34.1 Å². The van der Waals surface area contributed by atoms with E-state index in [1.165, 1.54) is 6.07 Å². The van der Waals surface area contributed by atoms with Crippen molar-refractivity contribution in [3.63, 3.8) is 0 Å². The molecule has 1 aliphatic rings. The molecule has 14 heavy (non-hydrogen) atoms. The Morgan fingerprint density at radius 3 is 2.79 bits per heavy atom. The third kappa shape index (κ3) is 1.73. The fourth-order valence-corrected chi connectivity index (χ4v) is 2.26. The van der Waals surface area contributed by atoms with E-state index in [0.29, 0.717) is 16.5 Å². The van der Waals surface area contributed by atoms with E-state index in [9.17, 15) is 9.18 Å². The Kier molecular flexibility index (Phi) is 2.68. The molecule has 0 aliphatic heterocycles. The van der Waals surface area contributed by atoms with E-state index in [4.69, 9.17) is 0 Å². The van der Waals surface area contributed by atoms with Gasteiger partial charge in [0.1, 0.15) is 11.6 Å². The van der Waals surface area contributed by atoms with Crippen molar-refractivity contribution in [2.75, 3.05) is 0 Å². The van der Waals surface area contributed by atoms with Gasteiger partial charge < -0.3 is 0 Å². The highest BCUT2D eigenvalue weighted by molar-refractivity contribution is 9.10. The van der Waals surface area contributed by atoms with Crippen molar-refractivity contribution >= 4 is 21.7 Å². The van der Waals surface area contributed by atoms with Crippen molar-refractivity contribution in [3.8, 4) is 0 Å². The van der Waals surface area contributed by atoms with Crippen LogP contribution in [0.1, 0.15) is 30.7 Å². The van der Waals surface area contributed by atoms with Crippen molar-refractivity contribution in [2.45, 2.75) is 25.2 Å². The monoisotopic (exact) mass is 256 g/mol. The molecule has 0 heterocycles. The minimum Gasteiger partial charge on any atom is -0.299 e. The molecule has 0 N–H and O–H groups in total. The second-order valence-corrected chi connectivity index (χ2v) is 4.49. The molecule has 74 valence electrons. The van der Waals surface area contributed by atoms with E-state index in [2.05, 4.69) is 15.9 Å². The summed E-state index contributed by atoms with van der Waals surface area (Å²) < 4.78 is 14.2. The van der Waals surface area contributed by atoms with Gasteiger partial charge in [0.05, 0.1) is 0 Å². The maximum absolute atomic E-state index is 13.5. The SMILES string of the molecule is O=C1CCCC1c1ccc(Br)cc1F. The first kappa shape index (κ1) is 9.84. The Morgan fingerprint density at radius 2 is 2.21 bits per heavy atom. The van der Waals surface area contributed by atoms with Crippen LogP contribution in [0.5, 0.6) is 0 Å². The number of hydrogen-bond donors (Lipinski definition) is 0. The third-order valence-corrected chi connectivity index (χ3v) is 3.14. The van der Waals surface area contributed by atoms with Gasteiger partial charge in [0.15, 0.2) is 0 Å². The van der Waals surface area contributed by atoms with Crippen molar-refractivity contribution in [2.24, 2.45) is 0 Å². The lowest BCUT2D eigenvalue weighted by atomic mass is 9.96. The zero-order valence-electron chi connectivity index (χ0n) is 7.59. The van der Waals surface area contributed by atoms with Crippen LogP contribution >= 0.6 is 15.9 Å². The summed E-state index contributed by atoms with van der Waals surface area (Å²) in [5, 5.41) is 0. The second kappa shape index (κ2) is 3.81. The quantitative estimate of drug-likeness (QED) is 0.753. The van der Waals surface area contributed by atoms with Crippen molar-refractivity contribution < 1.29 is 9.18 Å². The summed E-state index contributed by atoms with van der Waals surface area (Å²) in [4.78, 5) is 11.4. The van der Waals surface area contributed by atoms with Gasteiger partial charge in [0.2, 0.25) is 0 Å². The molecular weight excluding hydrogens is 247 g/mol. The van der Waals surface area contributed by atoms with Crippen LogP contribution in [0, 0.1) is 5.82 Å². The van der Waals surface area contributed by atoms with Crippen LogP contribution in [-0.2, 0) is 4.79 Å². The van der Waals surface area contributed by atoms with Crippen LogP contribution in [0.3, 0.4) is 0 Å². The molecule has 0 spiro atoms. The van der Waals surface area contributed by atoms with Gasteiger partial charge >= 0.3 is 0 Å². The van der Waals surface area contributed by atoms with Gasteiger partial charge in [0.25, 0.3) is 0 Å². The molecule has 0 saturated heterocycles. The van der Waals surface area contributed by atoms with Crippen molar-refractivity contribution in [1.29, 1.82) is 0 Å². The Morgan fingerprint density at radius 1 is 1.43 bits per heavy atom. The molecular formula is C11H10BrFO. The maximum Gasteiger partial charge on any atom is 0.140 e. The number of Topliss-reactive ketones (excluding diaryl/α,β-unsaturated/α-hetero) is 1. The molecule has 1 aliphatic carbocycles. The third-order valence-electron chi connectivity index (χ3n) is 2.64. The molecule has 0 amide bonds. The standard InChI is InChI=1S/C11H10BrFO/c12-7-4-5-8(10(13)6-7)9-2-1-3-11(9)14/h4-6,9H,1-3H2. The molecule has 3 heteroatoms. The highest BCUT2D eigenvalue weighted by Crippen LogP contribution is 2.33. The number of benzene rings is 1. The highest BCUT2D eigenvalue weighted by atomic mass is 79.9. The number of carbonyl (C=O) groups excluding carboxylic acids is 1. The molecule has 0 bridgehead atoms. The van der Waals surface area contributed by atoms with Crippen LogP contribution in [0.15, 0.2) is 22.7 Å². The van der Waals surface area contributed by atoms with Gasteiger partial charge in [-0.2, -0.15) is 0 Å². The molecule has 1 atom stereocenters. The van der Waals surface area contributed by atoms with E-state index in [-0.39, 0.29) is 17.5 Å². The molecule has 1 saturated carbocycles. The summed E-state index contributed by atoms with van der Waals surface area (Å²) in [6.45, 7) is 0. The predicted molar refractivity (Wildman–Crippen MR) is 55.7 cm³/mol. The minimum atomic E-state index is -0.278. The zero-order valence-corrected chi connectivity index (χ0v) is 9.18. The van der Waals surface area contributed by atoms with Crippen LogP contribution in [0.25, 0.3) is 0 Å². The van der Waals surface area contributed by atoms with E-state index < -0.39 is 0 Å². The molecule has 0 radical (unpaired) electrons. The number of ketones is 1. The Balaban J connectivity index is 2.36. The molecule has 1 nitrogen and oxygen atoms in total. The molecule has 1 fully saturated rings. The van der Waals surface area contributed by atoms with E-state index >= 15 is 0 Å². The van der Waals surface area contributed by atoms with Gasteiger partial charge in [-0.05, 0) is 30.5 Å². The van der Waals surface area contributed by atoms with E-state index in [1.54, 1.807) is 12.1 Å². The van der Waals surface area contributed by atoms with Gasteiger partial charge in [-0.3, -0.25) is 4.79 Å². The molecule has 1 aromatic carbocycles. The Bertz CT molecular complexity index is 376. The first-order chi connectivity index (χ1) is 6.68. The Hall–Kier alpha value is -0.700. The Labute approximate surface area is 90.4 Å². The molecule has 1 unspecified atom stereocenters. The van der Waals surface area contributed by atoms with Crippen LogP contribution in [-0.4, -0.2) is 5.78 Å². The summed E-state index contributed by atoms with van der Waals surface area (Å²) in [6.07, 6.45) is 2.27. The molecule has 0 aromatic heterocycles. The van der Waals surface area contributed by atoms with Gasteiger partial charge in [-0.1, -0.05) is 22.0 Å². The van der Waals surface area contributed by atoms with Crippen LogP contribution in [0.4, 0.5) is 4.39 Å². The van der Waals surface area contributed by atoms with Gasteiger partial charge in [0, 0.05) is 16.8 Å². The fourth-order valence-electron chi connectivity index (χ4n) is 1.93. The number of halogens is 2. The summed E-state index contributed by atoms with van der Waals surface area (Å²) >= 11 is 3.20. The molecule has 2 rings (SSSR count). The predicted octanol–water partition coefficient (Wildman–Crippen LogP) is 3.42. The lowest BCUT2D eigenvalue weighted by Crippen LogP contribution is -2.06. The largest absolute Gasteiger partial charge is 0.299 e. The summed E-state index contributed by atoms with van der Waals surface area (Å²) in [7, 11) is 0. The smallest absolute Gasteiger partial charge is 0.140 e. The maximum atomic E-state index is 13.5. The van der Waals surface area contributed by atoms with Crippen molar-refractivity contribution in [1.82, 2.24) is 0 Å². The topological polar surface area (TPSA) is 17.1 Å². The second-order valence-electron chi connectivity index (χ2n) is 3.58. The molecule has 1 aromatic rings. The average molecular weight is 257 g/mol. The fraction of sp³-hybridized carbons (Fsp3) is 0.364. The summed E-state index contributed by atoms with van der Waals surface area (Å²) in [5.41, 5.74) is 0.552. The van der Waals surface area contributed by atoms with Crippen LogP contribution in [0.2, 0.25) is 0 Å². The normalized spacial score (nSPS) is 21.6. The lowest BCUT2D eigenvalue weighted by molar-refractivity contribution is -0.118. The van der Waals surface area contributed by atoms with Gasteiger partial charge in [-0.25, -0.2) is 4.39 Å². The first-order valence-electron chi connectivity index (χ1n) is 4.66. The van der Waals surface area contributed by atoms with Crippen LogP contribution < -0.4 is 0 Å². The number of carbonyl (C=O) groups is 1. The number of hydrogen-bond acceptors (Lipinski definition) is 1. The van der Waals surface area contributed by atoms with E-state index in [1.807, 2.05) is 0 Å².